The largest absolute Gasteiger partial charge is 0.388 e. The molecule has 38 heavy (non-hydrogen) atoms. The zero-order chi connectivity index (χ0) is 28.1. The van der Waals surface area contributed by atoms with Crippen LogP contribution in [0.3, 0.4) is 0 Å². The maximum atomic E-state index is 11.2. The summed E-state index contributed by atoms with van der Waals surface area (Å²) < 4.78 is 34.5. The van der Waals surface area contributed by atoms with Gasteiger partial charge in [0.25, 0.3) is 0 Å². The van der Waals surface area contributed by atoms with E-state index in [0.717, 1.165) is 0 Å². The summed E-state index contributed by atoms with van der Waals surface area (Å²) in [5.74, 6) is 0. The van der Waals surface area contributed by atoms with Crippen molar-refractivity contribution in [1.29, 1.82) is 0 Å². The zero-order valence-corrected chi connectivity index (χ0v) is 21.4. The van der Waals surface area contributed by atoms with Crippen molar-refractivity contribution in [2.45, 2.75) is 113 Å². The monoisotopic (exact) mass is 551 g/mol. The second-order valence-electron chi connectivity index (χ2n) is 9.46. The molecule has 218 valence electrons. The lowest BCUT2D eigenvalue weighted by molar-refractivity contribution is -0.373. The lowest BCUT2D eigenvalue weighted by atomic mass is 9.94. The van der Waals surface area contributed by atoms with Gasteiger partial charge in [-0.1, -0.05) is 0 Å². The normalized spacial score (nSPS) is 47.5. The molecule has 0 spiro atoms. The fourth-order valence-electron chi connectivity index (χ4n) is 5.01. The van der Waals surface area contributed by atoms with E-state index in [2.05, 4.69) is 16.0 Å². The van der Waals surface area contributed by atoms with Crippen LogP contribution in [0.5, 0.6) is 0 Å². The van der Waals surface area contributed by atoms with Crippen LogP contribution >= 0.6 is 0 Å². The Hall–Kier alpha value is -1.99. The number of carbonyl (C=O) groups excluding carboxylic acids is 3. The topological polar surface area (TPSA) is 224 Å². The van der Waals surface area contributed by atoms with Crippen molar-refractivity contribution in [3.05, 3.63) is 0 Å². The Morgan fingerprint density at radius 3 is 1.39 bits per heavy atom. The van der Waals surface area contributed by atoms with Crippen LogP contribution in [0.25, 0.3) is 0 Å². The van der Waals surface area contributed by atoms with E-state index < -0.39 is 91.9 Å². The Labute approximate surface area is 218 Å². The number of rotatable bonds is 11. The molecule has 15 unspecified atom stereocenters. The molecule has 3 heterocycles. The number of carbonyl (C=O) groups is 3. The van der Waals surface area contributed by atoms with Crippen LogP contribution in [0, 0.1) is 0 Å². The van der Waals surface area contributed by atoms with Gasteiger partial charge < -0.3 is 64.8 Å². The van der Waals surface area contributed by atoms with Crippen LogP contribution in [0.4, 0.5) is 0 Å². The number of aliphatic hydroxyl groups excluding tert-OH is 4. The predicted molar refractivity (Wildman–Crippen MR) is 123 cm³/mol. The van der Waals surface area contributed by atoms with Crippen molar-refractivity contribution in [2.75, 3.05) is 7.11 Å². The summed E-state index contributed by atoms with van der Waals surface area (Å²) in [6, 6.07) is -2.78. The molecule has 0 saturated carbocycles. The van der Waals surface area contributed by atoms with Crippen LogP contribution in [-0.4, -0.2) is 139 Å². The average Bonchev–Trinajstić information content (AvgIpc) is 2.88. The first kappa shape index (κ1) is 30.6. The Morgan fingerprint density at radius 1 is 0.579 bits per heavy atom. The van der Waals surface area contributed by atoms with Gasteiger partial charge in [0.2, 0.25) is 19.2 Å². The lowest BCUT2D eigenvalue weighted by Gasteiger charge is -2.49. The van der Waals surface area contributed by atoms with Crippen LogP contribution < -0.4 is 16.0 Å². The minimum absolute atomic E-state index is 0.360. The Kier molecular flexibility index (Phi) is 10.8. The molecule has 15 atom stereocenters. The summed E-state index contributed by atoms with van der Waals surface area (Å²) in [5, 5.41) is 50.5. The highest BCUT2D eigenvalue weighted by Gasteiger charge is 2.53. The van der Waals surface area contributed by atoms with Gasteiger partial charge in [-0.05, 0) is 20.8 Å². The smallest absolute Gasteiger partial charge is 0.207 e. The standard InChI is InChI=1S/C22H37N3O13/c1-8-11(23-5-26)14(29)17(32)20(34-8)37-19-16(31)13(25-7-28)10(3)36-22(19)38-18-15(30)12(24-6-27)9(2)35-21(18)33-4/h5-22,29-32H,1-4H3,(H,23,26)(H,24,27)(H,25,28). The van der Waals surface area contributed by atoms with Crippen molar-refractivity contribution >= 4 is 19.2 Å². The molecule has 3 aliphatic heterocycles. The van der Waals surface area contributed by atoms with Crippen LogP contribution in [0.1, 0.15) is 20.8 Å². The Morgan fingerprint density at radius 2 is 0.947 bits per heavy atom. The predicted octanol–water partition coefficient (Wildman–Crippen LogP) is -4.57. The van der Waals surface area contributed by atoms with Crippen molar-refractivity contribution < 1.29 is 63.2 Å². The van der Waals surface area contributed by atoms with E-state index in [1.54, 1.807) is 13.8 Å². The van der Waals surface area contributed by atoms with Crippen molar-refractivity contribution in [1.82, 2.24) is 16.0 Å². The molecule has 16 nitrogen and oxygen atoms in total. The fraction of sp³-hybridized carbons (Fsp3) is 0.864. The number of aliphatic hydroxyl groups is 4. The van der Waals surface area contributed by atoms with Gasteiger partial charge in [-0.15, -0.1) is 0 Å². The highest BCUT2D eigenvalue weighted by atomic mass is 16.8. The van der Waals surface area contributed by atoms with E-state index >= 15 is 0 Å². The third kappa shape index (κ3) is 6.25. The second kappa shape index (κ2) is 13.4. The van der Waals surface area contributed by atoms with Gasteiger partial charge in [0.15, 0.2) is 18.9 Å². The molecule has 3 rings (SSSR count). The first-order valence-electron chi connectivity index (χ1n) is 12.2. The van der Waals surface area contributed by atoms with Crippen LogP contribution in [0.2, 0.25) is 0 Å². The summed E-state index contributed by atoms with van der Waals surface area (Å²) in [7, 11) is 1.32. The molecule has 0 aromatic rings. The maximum absolute atomic E-state index is 11.2. The van der Waals surface area contributed by atoms with Gasteiger partial charge in [-0.2, -0.15) is 0 Å². The van der Waals surface area contributed by atoms with Gasteiger partial charge in [0.1, 0.15) is 36.6 Å². The third-order valence-electron chi connectivity index (χ3n) is 7.10. The summed E-state index contributed by atoms with van der Waals surface area (Å²) in [6.45, 7) is 4.72. The highest BCUT2D eigenvalue weighted by molar-refractivity contribution is 5.48. The van der Waals surface area contributed by atoms with E-state index in [-0.39, 0.29) is 0 Å². The molecule has 3 amide bonds. The van der Waals surface area contributed by atoms with Crippen molar-refractivity contribution in [3.8, 4) is 0 Å². The quantitative estimate of drug-likeness (QED) is 0.120. The van der Waals surface area contributed by atoms with Crippen molar-refractivity contribution in [2.24, 2.45) is 0 Å². The molecule has 0 bridgehead atoms. The van der Waals surface area contributed by atoms with E-state index in [4.69, 9.17) is 28.4 Å². The number of hydrogen-bond acceptors (Lipinski definition) is 13. The summed E-state index contributed by atoms with van der Waals surface area (Å²) in [5.41, 5.74) is 0. The Balaban J connectivity index is 1.86. The van der Waals surface area contributed by atoms with Gasteiger partial charge in [0, 0.05) is 7.11 Å². The minimum atomic E-state index is -1.66. The first-order valence-corrected chi connectivity index (χ1v) is 12.2. The van der Waals surface area contributed by atoms with Gasteiger partial charge in [-0.25, -0.2) is 0 Å². The van der Waals surface area contributed by atoms with Gasteiger partial charge >= 0.3 is 0 Å². The summed E-state index contributed by atoms with van der Waals surface area (Å²) in [6.07, 6.45) is -13.9. The number of nitrogens with one attached hydrogen (secondary N) is 3. The van der Waals surface area contributed by atoms with E-state index in [1.807, 2.05) is 0 Å². The molecule has 0 aliphatic carbocycles. The summed E-state index contributed by atoms with van der Waals surface area (Å²) in [4.78, 5) is 33.1. The molecule has 3 aliphatic rings. The molecule has 16 heteroatoms. The number of hydrogen-bond donors (Lipinski definition) is 7. The Bertz CT molecular complexity index is 796. The lowest BCUT2D eigenvalue weighted by Crippen LogP contribution is -2.68. The molecular weight excluding hydrogens is 514 g/mol. The highest BCUT2D eigenvalue weighted by Crippen LogP contribution is 2.32. The minimum Gasteiger partial charge on any atom is -0.388 e. The van der Waals surface area contributed by atoms with Crippen LogP contribution in [-0.2, 0) is 42.8 Å². The molecule has 3 saturated heterocycles. The van der Waals surface area contributed by atoms with Gasteiger partial charge in [0.05, 0.1) is 36.4 Å². The summed E-state index contributed by atoms with van der Waals surface area (Å²) >= 11 is 0. The molecule has 3 fully saturated rings. The maximum Gasteiger partial charge on any atom is 0.207 e. The van der Waals surface area contributed by atoms with E-state index in [1.165, 1.54) is 14.0 Å². The average molecular weight is 552 g/mol. The second-order valence-corrected chi connectivity index (χ2v) is 9.46. The van der Waals surface area contributed by atoms with Crippen molar-refractivity contribution in [3.63, 3.8) is 0 Å². The van der Waals surface area contributed by atoms with E-state index in [9.17, 15) is 34.8 Å². The molecule has 7 N–H and O–H groups in total. The zero-order valence-electron chi connectivity index (χ0n) is 21.4. The molecular formula is C22H37N3O13. The number of methoxy groups -OCH3 is 1. The SMILES string of the molecule is COC1OC(C)C(NC=O)C(O)C1OC1OC(C)C(NC=O)C(O)C1OC1OC(C)C(NC=O)C(O)C1O. The molecule has 0 aromatic carbocycles. The fourth-order valence-corrected chi connectivity index (χ4v) is 5.01. The first-order chi connectivity index (χ1) is 18.1. The number of ether oxygens (including phenoxy) is 6. The third-order valence-corrected chi connectivity index (χ3v) is 7.10. The molecule has 0 radical (unpaired) electrons. The van der Waals surface area contributed by atoms with E-state index in [0.29, 0.717) is 19.2 Å². The number of amides is 3. The molecule has 0 aromatic heterocycles. The van der Waals surface area contributed by atoms with Gasteiger partial charge in [-0.3, -0.25) is 14.4 Å². The van der Waals surface area contributed by atoms with Crippen LogP contribution in [0.15, 0.2) is 0 Å².